The smallest absolute Gasteiger partial charge is 0.390 e. The second-order valence-electron chi connectivity index (χ2n) is 2.86. The number of hydrogen-bond donors (Lipinski definition) is 1. The average Bonchev–Trinajstić information content (AvgIpc) is 2.34. The van der Waals surface area contributed by atoms with Gasteiger partial charge in [0.2, 0.25) is 0 Å². The molecule has 0 amide bonds. The summed E-state index contributed by atoms with van der Waals surface area (Å²) in [5, 5.41) is 0. The Kier molecular flexibility index (Phi) is 2.98. The first-order valence-corrected chi connectivity index (χ1v) is 3.82. The maximum Gasteiger partial charge on any atom is 0.390 e. The summed E-state index contributed by atoms with van der Waals surface area (Å²) in [6, 6.07) is 2.30. The van der Waals surface area contributed by atoms with Crippen LogP contribution >= 0.6 is 0 Å². The molecular formula is C8H10F3NO. The Morgan fingerprint density at radius 1 is 1.46 bits per heavy atom. The van der Waals surface area contributed by atoms with Crippen molar-refractivity contribution >= 4 is 0 Å². The van der Waals surface area contributed by atoms with Gasteiger partial charge in [0, 0.05) is 12.5 Å². The predicted octanol–water partition coefficient (Wildman–Crippen LogP) is 2.10. The summed E-state index contributed by atoms with van der Waals surface area (Å²) in [5.74, 6) is 0.483. The van der Waals surface area contributed by atoms with Crippen molar-refractivity contribution in [3.8, 4) is 0 Å². The van der Waals surface area contributed by atoms with Crippen molar-refractivity contribution in [2.75, 3.05) is 0 Å². The first kappa shape index (κ1) is 10.1. The molecule has 0 saturated carbocycles. The second-order valence-corrected chi connectivity index (χ2v) is 2.86. The van der Waals surface area contributed by atoms with E-state index in [0.717, 1.165) is 0 Å². The SMILES string of the molecule is NC(Cc1ccco1)CC(F)(F)F. The summed E-state index contributed by atoms with van der Waals surface area (Å²) in [5.41, 5.74) is 5.27. The van der Waals surface area contributed by atoms with Crippen LogP contribution in [0.3, 0.4) is 0 Å². The van der Waals surface area contributed by atoms with E-state index in [2.05, 4.69) is 0 Å². The van der Waals surface area contributed by atoms with Crippen molar-refractivity contribution in [3.63, 3.8) is 0 Å². The van der Waals surface area contributed by atoms with Crippen LogP contribution in [0.2, 0.25) is 0 Å². The van der Waals surface area contributed by atoms with Gasteiger partial charge < -0.3 is 10.2 Å². The van der Waals surface area contributed by atoms with Crippen molar-refractivity contribution in [1.82, 2.24) is 0 Å². The molecule has 1 aromatic heterocycles. The molecule has 0 aliphatic rings. The van der Waals surface area contributed by atoms with E-state index in [1.54, 1.807) is 12.1 Å². The lowest BCUT2D eigenvalue weighted by Gasteiger charge is -2.12. The highest BCUT2D eigenvalue weighted by molar-refractivity contribution is 5.00. The third-order valence-corrected chi connectivity index (χ3v) is 1.54. The average molecular weight is 193 g/mol. The molecule has 1 atom stereocenters. The van der Waals surface area contributed by atoms with Crippen LogP contribution in [-0.4, -0.2) is 12.2 Å². The van der Waals surface area contributed by atoms with Gasteiger partial charge in [0.1, 0.15) is 5.76 Å². The molecule has 0 radical (unpaired) electrons. The molecular weight excluding hydrogens is 183 g/mol. The molecule has 0 fully saturated rings. The summed E-state index contributed by atoms with van der Waals surface area (Å²) in [6.07, 6.45) is -3.65. The lowest BCUT2D eigenvalue weighted by Crippen LogP contribution is -2.29. The van der Waals surface area contributed by atoms with Crippen LogP contribution in [0.5, 0.6) is 0 Å². The van der Waals surface area contributed by atoms with Crippen molar-refractivity contribution in [2.45, 2.75) is 25.1 Å². The first-order valence-electron chi connectivity index (χ1n) is 3.82. The molecule has 74 valence electrons. The summed E-state index contributed by atoms with van der Waals surface area (Å²) in [4.78, 5) is 0. The van der Waals surface area contributed by atoms with Gasteiger partial charge in [0.25, 0.3) is 0 Å². The van der Waals surface area contributed by atoms with Gasteiger partial charge in [0.15, 0.2) is 0 Å². The third-order valence-electron chi connectivity index (χ3n) is 1.54. The fourth-order valence-corrected chi connectivity index (χ4v) is 1.06. The van der Waals surface area contributed by atoms with Gasteiger partial charge in [-0.1, -0.05) is 0 Å². The molecule has 0 aliphatic heterocycles. The summed E-state index contributed by atoms with van der Waals surface area (Å²) >= 11 is 0. The largest absolute Gasteiger partial charge is 0.469 e. The molecule has 0 saturated heterocycles. The van der Waals surface area contributed by atoms with Crippen LogP contribution in [0, 0.1) is 0 Å². The van der Waals surface area contributed by atoms with Crippen molar-refractivity contribution in [2.24, 2.45) is 5.73 Å². The Morgan fingerprint density at radius 2 is 2.15 bits per heavy atom. The van der Waals surface area contributed by atoms with Crippen LogP contribution in [0.25, 0.3) is 0 Å². The molecule has 1 aromatic rings. The van der Waals surface area contributed by atoms with Gasteiger partial charge in [-0.2, -0.15) is 13.2 Å². The molecule has 0 aromatic carbocycles. The molecule has 0 spiro atoms. The molecule has 1 heterocycles. The molecule has 0 bridgehead atoms. The van der Waals surface area contributed by atoms with Crippen LogP contribution in [0.4, 0.5) is 13.2 Å². The minimum atomic E-state index is -4.20. The van der Waals surface area contributed by atoms with Crippen molar-refractivity contribution in [3.05, 3.63) is 24.2 Å². The highest BCUT2D eigenvalue weighted by atomic mass is 19.4. The summed E-state index contributed by atoms with van der Waals surface area (Å²) < 4.78 is 40.3. The number of halogens is 3. The van der Waals surface area contributed by atoms with E-state index in [9.17, 15) is 13.2 Å². The highest BCUT2D eigenvalue weighted by Gasteiger charge is 2.30. The fourth-order valence-electron chi connectivity index (χ4n) is 1.06. The normalized spacial score (nSPS) is 14.5. The van der Waals surface area contributed by atoms with Gasteiger partial charge >= 0.3 is 6.18 Å². The molecule has 5 heteroatoms. The molecule has 0 aliphatic carbocycles. The fraction of sp³-hybridized carbons (Fsp3) is 0.500. The number of furan rings is 1. The Balaban J connectivity index is 2.38. The van der Waals surface area contributed by atoms with Gasteiger partial charge in [-0.3, -0.25) is 0 Å². The molecule has 1 rings (SSSR count). The van der Waals surface area contributed by atoms with Crippen LogP contribution in [0.1, 0.15) is 12.2 Å². The van der Waals surface area contributed by atoms with Gasteiger partial charge in [-0.15, -0.1) is 0 Å². The molecule has 13 heavy (non-hydrogen) atoms. The lowest BCUT2D eigenvalue weighted by atomic mass is 10.1. The van der Waals surface area contributed by atoms with E-state index in [1.165, 1.54) is 6.26 Å². The Hall–Kier alpha value is -0.970. The second kappa shape index (κ2) is 3.83. The monoisotopic (exact) mass is 193 g/mol. The number of nitrogens with two attached hydrogens (primary N) is 1. The van der Waals surface area contributed by atoms with Crippen molar-refractivity contribution in [1.29, 1.82) is 0 Å². The van der Waals surface area contributed by atoms with Gasteiger partial charge in [-0.25, -0.2) is 0 Å². The predicted molar refractivity (Wildman–Crippen MR) is 41.1 cm³/mol. The maximum atomic E-state index is 11.8. The number of hydrogen-bond acceptors (Lipinski definition) is 2. The van der Waals surface area contributed by atoms with Crippen LogP contribution in [0.15, 0.2) is 22.8 Å². The zero-order chi connectivity index (χ0) is 9.90. The lowest BCUT2D eigenvalue weighted by molar-refractivity contribution is -0.138. The van der Waals surface area contributed by atoms with E-state index in [1.807, 2.05) is 0 Å². The number of rotatable bonds is 3. The minimum Gasteiger partial charge on any atom is -0.469 e. The summed E-state index contributed by atoms with van der Waals surface area (Å²) in [7, 11) is 0. The van der Waals surface area contributed by atoms with Gasteiger partial charge in [-0.05, 0) is 12.1 Å². The number of alkyl halides is 3. The quantitative estimate of drug-likeness (QED) is 0.798. The van der Waals surface area contributed by atoms with E-state index >= 15 is 0 Å². The Bertz CT molecular complexity index is 242. The third kappa shape index (κ3) is 3.98. The molecule has 1 unspecified atom stereocenters. The zero-order valence-corrected chi connectivity index (χ0v) is 6.84. The van der Waals surface area contributed by atoms with Crippen molar-refractivity contribution < 1.29 is 17.6 Å². The van der Waals surface area contributed by atoms with E-state index in [-0.39, 0.29) is 6.42 Å². The molecule has 2 nitrogen and oxygen atoms in total. The van der Waals surface area contributed by atoms with Gasteiger partial charge in [0.05, 0.1) is 12.7 Å². The maximum absolute atomic E-state index is 11.8. The molecule has 2 N–H and O–H groups in total. The van der Waals surface area contributed by atoms with Crippen LogP contribution < -0.4 is 5.73 Å². The first-order chi connectivity index (χ1) is 5.97. The minimum absolute atomic E-state index is 0.118. The highest BCUT2D eigenvalue weighted by Crippen LogP contribution is 2.22. The topological polar surface area (TPSA) is 39.2 Å². The Morgan fingerprint density at radius 3 is 2.62 bits per heavy atom. The Labute approximate surface area is 73.5 Å². The zero-order valence-electron chi connectivity index (χ0n) is 6.84. The van der Waals surface area contributed by atoms with E-state index in [0.29, 0.717) is 5.76 Å². The van der Waals surface area contributed by atoms with Crippen LogP contribution in [-0.2, 0) is 6.42 Å². The standard InChI is InChI=1S/C8H10F3NO/c9-8(10,11)5-6(12)4-7-2-1-3-13-7/h1-3,6H,4-5,12H2. The van der Waals surface area contributed by atoms with E-state index in [4.69, 9.17) is 10.2 Å². The summed E-state index contributed by atoms with van der Waals surface area (Å²) in [6.45, 7) is 0. The van der Waals surface area contributed by atoms with E-state index < -0.39 is 18.6 Å².